The number of carbonyl (C=O) groups excluding carboxylic acids is 1. The lowest BCUT2D eigenvalue weighted by molar-refractivity contribution is 0.0257. The van der Waals surface area contributed by atoms with Gasteiger partial charge in [0.05, 0.1) is 13.7 Å². The largest absolute Gasteiger partial charge is 0.502 e. The quantitative estimate of drug-likeness (QED) is 0.867. The second-order valence-electron chi connectivity index (χ2n) is 6.04. The molecule has 1 aliphatic heterocycles. The van der Waals surface area contributed by atoms with E-state index in [9.17, 15) is 23.1 Å². The number of aromatic hydroxyl groups is 1. The van der Waals surface area contributed by atoms with Crippen molar-refractivity contribution in [1.82, 2.24) is 0 Å². The molecule has 1 heterocycles. The lowest BCUT2D eigenvalue weighted by Crippen LogP contribution is -2.24. The predicted molar refractivity (Wildman–Crippen MR) is 90.8 cm³/mol. The van der Waals surface area contributed by atoms with Gasteiger partial charge in [-0.2, -0.15) is 0 Å². The minimum atomic E-state index is -2.69. The lowest BCUT2D eigenvalue weighted by Gasteiger charge is -2.18. The Morgan fingerprint density at radius 2 is 1.96 bits per heavy atom. The zero-order valence-electron chi connectivity index (χ0n) is 13.9. The molecule has 2 N–H and O–H groups in total. The molecule has 26 heavy (non-hydrogen) atoms. The average Bonchev–Trinajstić information content (AvgIpc) is 2.97. The third-order valence-corrected chi connectivity index (χ3v) is 4.17. The van der Waals surface area contributed by atoms with Crippen LogP contribution in [0.4, 0.5) is 24.5 Å². The maximum Gasteiger partial charge on any atom is 0.266 e. The van der Waals surface area contributed by atoms with Crippen LogP contribution in [0.15, 0.2) is 36.4 Å². The van der Waals surface area contributed by atoms with Gasteiger partial charge in [0.1, 0.15) is 0 Å². The number of carbonyl (C=O) groups is 1. The Morgan fingerprint density at radius 1 is 1.27 bits per heavy atom. The third kappa shape index (κ3) is 3.68. The molecule has 0 unspecified atom stereocenters. The molecule has 3 rings (SSSR count). The number of ether oxygens (including phenoxy) is 1. The van der Waals surface area contributed by atoms with Crippen molar-refractivity contribution in [2.45, 2.75) is 12.3 Å². The molecule has 0 spiro atoms. The van der Waals surface area contributed by atoms with Crippen LogP contribution < -0.4 is 15.0 Å². The average molecular weight is 366 g/mol. The molecule has 138 valence electrons. The van der Waals surface area contributed by atoms with Crippen LogP contribution in [0.1, 0.15) is 16.8 Å². The van der Waals surface area contributed by atoms with Gasteiger partial charge in [-0.3, -0.25) is 4.79 Å². The summed E-state index contributed by atoms with van der Waals surface area (Å²) in [5.41, 5.74) is 1.04. The predicted octanol–water partition coefficient (Wildman–Crippen LogP) is 3.64. The summed E-state index contributed by atoms with van der Waals surface area (Å²) in [7, 11) is 1.25. The molecular weight excluding hydrogens is 349 g/mol. The van der Waals surface area contributed by atoms with E-state index in [4.69, 9.17) is 4.74 Å². The summed E-state index contributed by atoms with van der Waals surface area (Å²) in [5.74, 6) is -5.08. The summed E-state index contributed by atoms with van der Waals surface area (Å²) in [5, 5.41) is 12.1. The summed E-state index contributed by atoms with van der Waals surface area (Å²) in [4.78, 5) is 13.8. The topological polar surface area (TPSA) is 61.8 Å². The van der Waals surface area contributed by atoms with Crippen LogP contribution in [0.3, 0.4) is 0 Å². The Kier molecular flexibility index (Phi) is 4.67. The van der Waals surface area contributed by atoms with Gasteiger partial charge >= 0.3 is 0 Å². The van der Waals surface area contributed by atoms with Gasteiger partial charge in [-0.1, -0.05) is 0 Å². The van der Waals surface area contributed by atoms with E-state index in [-0.39, 0.29) is 30.8 Å². The SMILES string of the molecule is COc1cc(C(=O)Nc2ccc(N3CCC(F)(F)C3)cc2)cc(F)c1O. The molecule has 0 radical (unpaired) electrons. The second kappa shape index (κ2) is 6.78. The van der Waals surface area contributed by atoms with E-state index < -0.39 is 23.4 Å². The van der Waals surface area contributed by atoms with E-state index in [0.717, 1.165) is 6.07 Å². The first-order valence-electron chi connectivity index (χ1n) is 7.90. The van der Waals surface area contributed by atoms with Crippen LogP contribution >= 0.6 is 0 Å². The number of benzene rings is 2. The summed E-state index contributed by atoms with van der Waals surface area (Å²) >= 11 is 0. The van der Waals surface area contributed by atoms with Crippen LogP contribution in [0.25, 0.3) is 0 Å². The number of phenolic OH excluding ortho intramolecular Hbond substituents is 1. The van der Waals surface area contributed by atoms with Crippen molar-refractivity contribution in [3.63, 3.8) is 0 Å². The summed E-state index contributed by atoms with van der Waals surface area (Å²) in [6.45, 7) is -0.0590. The first kappa shape index (κ1) is 17.9. The summed E-state index contributed by atoms with van der Waals surface area (Å²) < 4.78 is 45.0. The Morgan fingerprint density at radius 3 is 2.54 bits per heavy atom. The van der Waals surface area contributed by atoms with Gasteiger partial charge in [0.2, 0.25) is 0 Å². The third-order valence-electron chi connectivity index (χ3n) is 4.17. The van der Waals surface area contributed by atoms with Gasteiger partial charge in [0.25, 0.3) is 11.8 Å². The van der Waals surface area contributed by atoms with Crippen LogP contribution in [0.2, 0.25) is 0 Å². The van der Waals surface area contributed by atoms with Crippen molar-refractivity contribution in [3.8, 4) is 11.5 Å². The summed E-state index contributed by atoms with van der Waals surface area (Å²) in [6.07, 6.45) is -0.181. The number of anilines is 2. The van der Waals surface area contributed by atoms with Crippen LogP contribution in [-0.2, 0) is 0 Å². The molecule has 1 fully saturated rings. The number of halogens is 3. The van der Waals surface area contributed by atoms with Crippen LogP contribution in [-0.4, -0.2) is 37.1 Å². The van der Waals surface area contributed by atoms with Gasteiger partial charge in [-0.05, 0) is 36.4 Å². The fourth-order valence-electron chi connectivity index (χ4n) is 2.78. The second-order valence-corrected chi connectivity index (χ2v) is 6.04. The molecule has 1 aliphatic rings. The molecule has 5 nitrogen and oxygen atoms in total. The van der Waals surface area contributed by atoms with E-state index in [1.165, 1.54) is 13.2 Å². The highest BCUT2D eigenvalue weighted by atomic mass is 19.3. The monoisotopic (exact) mass is 366 g/mol. The minimum Gasteiger partial charge on any atom is -0.502 e. The van der Waals surface area contributed by atoms with Gasteiger partial charge in [-0.25, -0.2) is 13.2 Å². The van der Waals surface area contributed by atoms with Crippen molar-refractivity contribution in [2.75, 3.05) is 30.4 Å². The fraction of sp³-hybridized carbons (Fsp3) is 0.278. The number of alkyl halides is 2. The first-order chi connectivity index (χ1) is 12.3. The van der Waals surface area contributed by atoms with Gasteiger partial charge in [-0.15, -0.1) is 0 Å². The van der Waals surface area contributed by atoms with Crippen LogP contribution in [0, 0.1) is 5.82 Å². The van der Waals surface area contributed by atoms with E-state index in [1.807, 2.05) is 0 Å². The van der Waals surface area contributed by atoms with Crippen molar-refractivity contribution in [3.05, 3.63) is 47.8 Å². The van der Waals surface area contributed by atoms with Gasteiger partial charge in [0.15, 0.2) is 17.3 Å². The van der Waals surface area contributed by atoms with Crippen molar-refractivity contribution in [1.29, 1.82) is 0 Å². The smallest absolute Gasteiger partial charge is 0.266 e. The Hall–Kier alpha value is -2.90. The van der Waals surface area contributed by atoms with Gasteiger partial charge in [0, 0.05) is 29.9 Å². The number of nitrogens with one attached hydrogen (secondary N) is 1. The molecule has 0 aliphatic carbocycles. The highest BCUT2D eigenvalue weighted by Crippen LogP contribution is 2.32. The number of amides is 1. The van der Waals surface area contributed by atoms with Crippen molar-refractivity contribution in [2.24, 2.45) is 0 Å². The number of methoxy groups -OCH3 is 1. The standard InChI is InChI=1S/C18H17F3N2O3/c1-26-15-9-11(8-14(19)16(15)24)17(25)22-12-2-4-13(5-3-12)23-7-6-18(20,21)10-23/h2-5,8-9,24H,6-7,10H2,1H3,(H,22,25). The molecular formula is C18H17F3N2O3. The minimum absolute atomic E-state index is 0.0274. The fourth-order valence-corrected chi connectivity index (χ4v) is 2.78. The zero-order valence-corrected chi connectivity index (χ0v) is 13.9. The van der Waals surface area contributed by atoms with E-state index >= 15 is 0 Å². The molecule has 1 saturated heterocycles. The highest BCUT2D eigenvalue weighted by Gasteiger charge is 2.38. The zero-order chi connectivity index (χ0) is 18.9. The number of hydrogen-bond acceptors (Lipinski definition) is 4. The maximum atomic E-state index is 13.6. The Balaban J connectivity index is 1.71. The molecule has 0 aromatic heterocycles. The van der Waals surface area contributed by atoms with Crippen molar-refractivity contribution < 1.29 is 27.8 Å². The van der Waals surface area contributed by atoms with Crippen molar-refractivity contribution >= 4 is 17.3 Å². The number of nitrogens with zero attached hydrogens (tertiary/aromatic N) is 1. The lowest BCUT2D eigenvalue weighted by atomic mass is 10.1. The molecule has 0 atom stereocenters. The van der Waals surface area contributed by atoms with E-state index in [1.54, 1.807) is 29.2 Å². The molecule has 1 amide bonds. The molecule has 2 aromatic carbocycles. The number of rotatable bonds is 4. The molecule has 8 heteroatoms. The number of hydrogen-bond donors (Lipinski definition) is 2. The molecule has 0 saturated carbocycles. The Bertz CT molecular complexity index is 825. The van der Waals surface area contributed by atoms with E-state index in [0.29, 0.717) is 11.4 Å². The number of phenols is 1. The van der Waals surface area contributed by atoms with Crippen LogP contribution in [0.5, 0.6) is 11.5 Å². The molecule has 2 aromatic rings. The maximum absolute atomic E-state index is 13.6. The Labute approximate surface area is 148 Å². The van der Waals surface area contributed by atoms with E-state index in [2.05, 4.69) is 5.32 Å². The molecule has 0 bridgehead atoms. The highest BCUT2D eigenvalue weighted by molar-refractivity contribution is 6.04. The summed E-state index contributed by atoms with van der Waals surface area (Å²) in [6, 6.07) is 8.54. The van der Waals surface area contributed by atoms with Gasteiger partial charge < -0.3 is 20.1 Å². The first-order valence-corrected chi connectivity index (χ1v) is 7.90. The normalized spacial score (nSPS) is 15.8.